The Kier molecular flexibility index (Phi) is 5.56. The van der Waals surface area contributed by atoms with Gasteiger partial charge in [-0.1, -0.05) is 6.92 Å². The number of rotatable bonds is 6. The second kappa shape index (κ2) is 7.66. The lowest BCUT2D eigenvalue weighted by Crippen LogP contribution is -2.38. The molecule has 1 N–H and O–H groups in total. The number of nitrogens with zero attached hydrogens (tertiary/aromatic N) is 4. The van der Waals surface area contributed by atoms with Gasteiger partial charge in [-0.3, -0.25) is 9.48 Å². The standard InChI is InChI=1S/C18H31N5O/c1-4-6-21(2)11-14-5-7-23(12-14)18(24)17-10-19-9-16(17)15-8-20-22(3)13-15/h8,13-14,16-17,19H,4-7,9-12H2,1-3H3/t14?,16-,17+/m1/s1. The van der Waals surface area contributed by atoms with Gasteiger partial charge < -0.3 is 15.1 Å². The first kappa shape index (κ1) is 17.4. The number of hydrogen-bond donors (Lipinski definition) is 1. The molecule has 0 aliphatic carbocycles. The molecule has 134 valence electrons. The quantitative estimate of drug-likeness (QED) is 0.841. The molecule has 0 aromatic carbocycles. The first-order valence-electron chi connectivity index (χ1n) is 9.25. The summed E-state index contributed by atoms with van der Waals surface area (Å²) in [5.41, 5.74) is 1.18. The van der Waals surface area contributed by atoms with Crippen LogP contribution in [0.2, 0.25) is 0 Å². The number of hydrogen-bond acceptors (Lipinski definition) is 4. The molecular formula is C18H31N5O. The van der Waals surface area contributed by atoms with Gasteiger partial charge in [0.15, 0.2) is 0 Å². The molecule has 1 unspecified atom stereocenters. The number of nitrogens with one attached hydrogen (secondary N) is 1. The number of amides is 1. The molecule has 0 radical (unpaired) electrons. The van der Waals surface area contributed by atoms with E-state index < -0.39 is 0 Å². The lowest BCUT2D eigenvalue weighted by molar-refractivity contribution is -0.134. The van der Waals surface area contributed by atoms with Crippen molar-refractivity contribution in [3.63, 3.8) is 0 Å². The molecule has 0 saturated carbocycles. The summed E-state index contributed by atoms with van der Waals surface area (Å²) >= 11 is 0. The smallest absolute Gasteiger partial charge is 0.227 e. The van der Waals surface area contributed by atoms with E-state index in [1.807, 2.05) is 24.1 Å². The molecule has 2 aliphatic heterocycles. The third-order valence-electron chi connectivity index (χ3n) is 5.46. The molecule has 1 aromatic heterocycles. The average molecular weight is 333 g/mol. The average Bonchev–Trinajstić information content (AvgIpc) is 3.26. The Balaban J connectivity index is 1.58. The lowest BCUT2D eigenvalue weighted by atomic mass is 9.90. The molecule has 1 aromatic rings. The van der Waals surface area contributed by atoms with Crippen molar-refractivity contribution in [2.75, 3.05) is 46.3 Å². The van der Waals surface area contributed by atoms with Crippen LogP contribution in [0.15, 0.2) is 12.4 Å². The van der Waals surface area contributed by atoms with Gasteiger partial charge in [0.1, 0.15) is 0 Å². The molecule has 6 heteroatoms. The van der Waals surface area contributed by atoms with Crippen molar-refractivity contribution in [1.29, 1.82) is 0 Å². The van der Waals surface area contributed by atoms with Crippen LogP contribution >= 0.6 is 0 Å². The number of carbonyl (C=O) groups is 1. The van der Waals surface area contributed by atoms with Crippen molar-refractivity contribution >= 4 is 5.91 Å². The summed E-state index contributed by atoms with van der Waals surface area (Å²) in [5.74, 6) is 1.26. The predicted molar refractivity (Wildman–Crippen MR) is 94.8 cm³/mol. The van der Waals surface area contributed by atoms with Crippen molar-refractivity contribution in [2.24, 2.45) is 18.9 Å². The van der Waals surface area contributed by atoms with Crippen molar-refractivity contribution in [3.05, 3.63) is 18.0 Å². The second-order valence-corrected chi connectivity index (χ2v) is 7.52. The van der Waals surface area contributed by atoms with Gasteiger partial charge in [-0.15, -0.1) is 0 Å². The van der Waals surface area contributed by atoms with Crippen LogP contribution in [0.1, 0.15) is 31.2 Å². The van der Waals surface area contributed by atoms with E-state index in [-0.39, 0.29) is 11.8 Å². The molecule has 0 spiro atoms. The summed E-state index contributed by atoms with van der Waals surface area (Å²) in [4.78, 5) is 17.5. The minimum Gasteiger partial charge on any atom is -0.342 e. The SMILES string of the molecule is CCCN(C)CC1CCN(C(=O)[C@H]2CNC[C@@H]2c2cnn(C)c2)C1. The third-order valence-corrected chi connectivity index (χ3v) is 5.46. The van der Waals surface area contributed by atoms with Crippen LogP contribution in [-0.2, 0) is 11.8 Å². The Labute approximate surface area is 145 Å². The Morgan fingerprint density at radius 2 is 2.29 bits per heavy atom. The Morgan fingerprint density at radius 3 is 3.00 bits per heavy atom. The highest BCUT2D eigenvalue weighted by molar-refractivity contribution is 5.81. The van der Waals surface area contributed by atoms with E-state index >= 15 is 0 Å². The van der Waals surface area contributed by atoms with E-state index in [4.69, 9.17) is 0 Å². The van der Waals surface area contributed by atoms with Crippen LogP contribution in [0.5, 0.6) is 0 Å². The number of aromatic nitrogens is 2. The molecule has 24 heavy (non-hydrogen) atoms. The maximum absolute atomic E-state index is 13.0. The summed E-state index contributed by atoms with van der Waals surface area (Å²) in [7, 11) is 4.12. The van der Waals surface area contributed by atoms with E-state index in [9.17, 15) is 4.79 Å². The largest absolute Gasteiger partial charge is 0.342 e. The zero-order valence-corrected chi connectivity index (χ0v) is 15.2. The lowest BCUT2D eigenvalue weighted by Gasteiger charge is -2.25. The van der Waals surface area contributed by atoms with E-state index in [1.54, 1.807) is 0 Å². The summed E-state index contributed by atoms with van der Waals surface area (Å²) in [5, 5.41) is 7.68. The first-order valence-corrected chi connectivity index (χ1v) is 9.25. The normalized spacial score (nSPS) is 27.3. The Bertz CT molecular complexity index is 557. The highest BCUT2D eigenvalue weighted by Crippen LogP contribution is 2.31. The predicted octanol–water partition coefficient (Wildman–Crippen LogP) is 0.913. The molecule has 2 fully saturated rings. The van der Waals surface area contributed by atoms with Crippen LogP contribution in [0.25, 0.3) is 0 Å². The summed E-state index contributed by atoms with van der Waals surface area (Å²) in [6.07, 6.45) is 6.28. The molecular weight excluding hydrogens is 302 g/mol. The molecule has 2 saturated heterocycles. The zero-order chi connectivity index (χ0) is 17.1. The summed E-state index contributed by atoms with van der Waals surface area (Å²) in [6.45, 7) is 7.95. The van der Waals surface area contributed by atoms with Gasteiger partial charge in [-0.05, 0) is 37.9 Å². The van der Waals surface area contributed by atoms with Gasteiger partial charge in [0.05, 0.1) is 12.1 Å². The topological polar surface area (TPSA) is 53.4 Å². The molecule has 3 heterocycles. The van der Waals surface area contributed by atoms with E-state index in [0.717, 1.165) is 45.7 Å². The van der Waals surface area contributed by atoms with E-state index in [2.05, 4.69) is 34.2 Å². The van der Waals surface area contributed by atoms with Crippen molar-refractivity contribution in [2.45, 2.75) is 25.7 Å². The Hall–Kier alpha value is -1.40. The van der Waals surface area contributed by atoms with Crippen LogP contribution in [-0.4, -0.2) is 71.8 Å². The molecule has 1 amide bonds. The van der Waals surface area contributed by atoms with Gasteiger partial charge in [0.2, 0.25) is 5.91 Å². The number of aryl methyl sites for hydroxylation is 1. The van der Waals surface area contributed by atoms with Crippen molar-refractivity contribution < 1.29 is 4.79 Å². The minimum atomic E-state index is 0.0568. The molecule has 2 aliphatic rings. The molecule has 6 nitrogen and oxygen atoms in total. The van der Waals surface area contributed by atoms with Gasteiger partial charge in [-0.2, -0.15) is 5.10 Å². The first-order chi connectivity index (χ1) is 11.6. The second-order valence-electron chi connectivity index (χ2n) is 7.52. The molecule has 3 rings (SSSR count). The Morgan fingerprint density at radius 1 is 1.46 bits per heavy atom. The minimum absolute atomic E-state index is 0.0568. The summed E-state index contributed by atoms with van der Waals surface area (Å²) in [6, 6.07) is 0. The van der Waals surface area contributed by atoms with Crippen LogP contribution < -0.4 is 5.32 Å². The fraction of sp³-hybridized carbons (Fsp3) is 0.778. The highest BCUT2D eigenvalue weighted by atomic mass is 16.2. The molecule has 0 bridgehead atoms. The van der Waals surface area contributed by atoms with Gasteiger partial charge >= 0.3 is 0 Å². The van der Waals surface area contributed by atoms with Gasteiger partial charge in [-0.25, -0.2) is 0 Å². The van der Waals surface area contributed by atoms with Crippen molar-refractivity contribution in [1.82, 2.24) is 24.9 Å². The van der Waals surface area contributed by atoms with Gasteiger partial charge in [0.25, 0.3) is 0 Å². The van der Waals surface area contributed by atoms with Crippen LogP contribution in [0.4, 0.5) is 0 Å². The fourth-order valence-electron chi connectivity index (χ4n) is 4.25. The fourth-order valence-corrected chi connectivity index (χ4v) is 4.25. The summed E-state index contributed by atoms with van der Waals surface area (Å²) < 4.78 is 1.82. The van der Waals surface area contributed by atoms with Gasteiger partial charge in [0, 0.05) is 51.9 Å². The van der Waals surface area contributed by atoms with Crippen LogP contribution in [0, 0.1) is 11.8 Å². The molecule has 3 atom stereocenters. The van der Waals surface area contributed by atoms with E-state index in [1.165, 1.54) is 12.0 Å². The number of carbonyl (C=O) groups excluding carboxylic acids is 1. The monoisotopic (exact) mass is 333 g/mol. The highest BCUT2D eigenvalue weighted by Gasteiger charge is 2.39. The third kappa shape index (κ3) is 3.81. The van der Waals surface area contributed by atoms with E-state index in [0.29, 0.717) is 11.8 Å². The maximum Gasteiger partial charge on any atom is 0.227 e. The number of likely N-dealkylation sites (tertiary alicyclic amines) is 1. The van der Waals surface area contributed by atoms with Crippen molar-refractivity contribution in [3.8, 4) is 0 Å². The maximum atomic E-state index is 13.0. The zero-order valence-electron chi connectivity index (χ0n) is 15.2. The van der Waals surface area contributed by atoms with Crippen LogP contribution in [0.3, 0.4) is 0 Å².